The molecule has 3 nitrogen and oxygen atoms in total. The average molecular weight is 385 g/mol. The topological polar surface area (TPSA) is 35.5 Å². The number of ether oxygens (including phenoxy) is 2. The minimum Gasteiger partial charge on any atom is -0.492 e. The molecule has 2 aliphatic rings. The summed E-state index contributed by atoms with van der Waals surface area (Å²) in [6, 6.07) is 11.9. The minimum absolute atomic E-state index is 0.0328. The maximum atomic E-state index is 12.4. The maximum absolute atomic E-state index is 12.4. The Morgan fingerprint density at radius 1 is 1.07 bits per heavy atom. The van der Waals surface area contributed by atoms with Crippen LogP contribution >= 0.6 is 11.6 Å². The van der Waals surface area contributed by atoms with Crippen LogP contribution in [-0.4, -0.2) is 18.2 Å². The highest BCUT2D eigenvalue weighted by Gasteiger charge is 2.41. The third-order valence-corrected chi connectivity index (χ3v) is 5.82. The zero-order valence-corrected chi connectivity index (χ0v) is 16.9. The molecule has 27 heavy (non-hydrogen) atoms. The Morgan fingerprint density at radius 3 is 2.56 bits per heavy atom. The summed E-state index contributed by atoms with van der Waals surface area (Å²) < 4.78 is 11.7. The first-order valence-electron chi connectivity index (χ1n) is 9.54. The molecule has 0 amide bonds. The van der Waals surface area contributed by atoms with E-state index in [0.29, 0.717) is 12.2 Å². The number of benzene rings is 2. The van der Waals surface area contributed by atoms with Crippen molar-refractivity contribution in [2.45, 2.75) is 57.5 Å². The molecule has 0 aromatic heterocycles. The number of fused-ring (bicyclic) bond motifs is 3. The van der Waals surface area contributed by atoms with Crippen molar-refractivity contribution in [3.8, 4) is 5.75 Å². The lowest BCUT2D eigenvalue weighted by Gasteiger charge is -2.28. The Kier molecular flexibility index (Phi) is 4.46. The van der Waals surface area contributed by atoms with Gasteiger partial charge in [-0.1, -0.05) is 17.7 Å². The van der Waals surface area contributed by atoms with Gasteiger partial charge in [-0.2, -0.15) is 0 Å². The number of aryl methyl sites for hydroxylation is 2. The first-order valence-corrected chi connectivity index (χ1v) is 9.92. The molecule has 1 aliphatic heterocycles. The largest absolute Gasteiger partial charge is 0.492 e. The monoisotopic (exact) mass is 384 g/mol. The molecular weight excluding hydrogens is 360 g/mol. The Balaban J connectivity index is 1.59. The van der Waals surface area contributed by atoms with E-state index < -0.39 is 5.60 Å². The van der Waals surface area contributed by atoms with Crippen LogP contribution in [0, 0.1) is 0 Å². The normalized spacial score (nSPS) is 21.2. The molecule has 1 spiro atoms. The number of hydrogen-bond donors (Lipinski definition) is 0. The SMILES string of the molecule is CC(C)(C)OC(=O)c1ccc2c(c1)CC[C@@]1(CCc3cc(Cl)ccc31)CO2. The number of hydrogen-bond acceptors (Lipinski definition) is 3. The number of carbonyl (C=O) groups excluding carboxylic acids is 1. The summed E-state index contributed by atoms with van der Waals surface area (Å²) >= 11 is 6.17. The second-order valence-electron chi connectivity index (χ2n) is 8.69. The van der Waals surface area contributed by atoms with Crippen molar-refractivity contribution in [1.82, 2.24) is 0 Å². The van der Waals surface area contributed by atoms with Gasteiger partial charge in [-0.3, -0.25) is 0 Å². The summed E-state index contributed by atoms with van der Waals surface area (Å²) in [5.41, 5.74) is 3.91. The first-order chi connectivity index (χ1) is 12.8. The predicted molar refractivity (Wildman–Crippen MR) is 107 cm³/mol. The van der Waals surface area contributed by atoms with Gasteiger partial charge in [0.1, 0.15) is 11.4 Å². The third-order valence-electron chi connectivity index (χ3n) is 5.58. The van der Waals surface area contributed by atoms with Crippen LogP contribution in [0.15, 0.2) is 36.4 Å². The fraction of sp³-hybridized carbons (Fsp3) is 0.435. The van der Waals surface area contributed by atoms with Crippen molar-refractivity contribution in [3.05, 3.63) is 63.7 Å². The summed E-state index contributed by atoms with van der Waals surface area (Å²) in [6.07, 6.45) is 4.01. The molecule has 1 atom stereocenters. The summed E-state index contributed by atoms with van der Waals surface area (Å²) in [5.74, 6) is 0.590. The van der Waals surface area contributed by atoms with Crippen molar-refractivity contribution >= 4 is 17.6 Å². The molecular formula is C23H25ClO3. The molecule has 0 unspecified atom stereocenters. The lowest BCUT2D eigenvalue weighted by molar-refractivity contribution is 0.00694. The molecule has 1 heterocycles. The van der Waals surface area contributed by atoms with Crippen molar-refractivity contribution in [2.24, 2.45) is 0 Å². The standard InChI is InChI=1S/C23H25ClO3/c1-22(2,3)27-21(25)17-4-7-20-16(12-17)9-11-23(14-26-20)10-8-15-13-18(24)5-6-19(15)23/h4-7,12-13H,8-11,14H2,1-3H3/t23-/m0/s1. The van der Waals surface area contributed by atoms with Crippen molar-refractivity contribution in [1.29, 1.82) is 0 Å². The highest BCUT2D eigenvalue weighted by atomic mass is 35.5. The van der Waals surface area contributed by atoms with E-state index in [1.807, 2.05) is 39.0 Å². The minimum atomic E-state index is -0.501. The van der Waals surface area contributed by atoms with Gasteiger partial charge in [-0.05, 0) is 93.5 Å². The quantitative estimate of drug-likeness (QED) is 0.608. The molecule has 1 aliphatic carbocycles. The highest BCUT2D eigenvalue weighted by Crippen LogP contribution is 2.45. The van der Waals surface area contributed by atoms with Gasteiger partial charge in [0.2, 0.25) is 0 Å². The van der Waals surface area contributed by atoms with Gasteiger partial charge in [0.25, 0.3) is 0 Å². The molecule has 0 fully saturated rings. The molecule has 2 aromatic carbocycles. The smallest absolute Gasteiger partial charge is 0.338 e. The molecule has 4 heteroatoms. The summed E-state index contributed by atoms with van der Waals surface area (Å²) in [4.78, 5) is 12.4. The van der Waals surface area contributed by atoms with Gasteiger partial charge in [-0.15, -0.1) is 0 Å². The van der Waals surface area contributed by atoms with Crippen LogP contribution in [0.2, 0.25) is 5.02 Å². The van der Waals surface area contributed by atoms with Crippen LogP contribution < -0.4 is 4.74 Å². The van der Waals surface area contributed by atoms with Crippen LogP contribution in [0.25, 0.3) is 0 Å². The van der Waals surface area contributed by atoms with E-state index >= 15 is 0 Å². The highest BCUT2D eigenvalue weighted by molar-refractivity contribution is 6.30. The number of carbonyl (C=O) groups is 1. The van der Waals surface area contributed by atoms with E-state index in [2.05, 4.69) is 12.1 Å². The van der Waals surface area contributed by atoms with Gasteiger partial charge in [-0.25, -0.2) is 4.79 Å². The molecule has 0 bridgehead atoms. The molecule has 2 aromatic rings. The van der Waals surface area contributed by atoms with Gasteiger partial charge >= 0.3 is 5.97 Å². The van der Waals surface area contributed by atoms with E-state index in [9.17, 15) is 4.79 Å². The number of rotatable bonds is 1. The third kappa shape index (κ3) is 3.58. The Bertz CT molecular complexity index is 897. The summed E-state index contributed by atoms with van der Waals surface area (Å²) in [7, 11) is 0. The van der Waals surface area contributed by atoms with Crippen molar-refractivity contribution in [2.75, 3.05) is 6.61 Å². The second kappa shape index (κ2) is 6.56. The first kappa shape index (κ1) is 18.4. The predicted octanol–water partition coefficient (Wildman–Crippen LogP) is 5.50. The molecule has 0 saturated carbocycles. The van der Waals surface area contributed by atoms with E-state index in [1.165, 1.54) is 11.1 Å². The molecule has 142 valence electrons. The molecule has 0 saturated heterocycles. The maximum Gasteiger partial charge on any atom is 0.338 e. The number of esters is 1. The fourth-order valence-electron chi connectivity index (χ4n) is 4.25. The van der Waals surface area contributed by atoms with Gasteiger partial charge in [0.15, 0.2) is 0 Å². The molecule has 0 N–H and O–H groups in total. The van der Waals surface area contributed by atoms with Crippen LogP contribution in [0.5, 0.6) is 5.75 Å². The Labute approximate surface area is 165 Å². The van der Waals surface area contributed by atoms with Gasteiger partial charge in [0.05, 0.1) is 12.2 Å². The lowest BCUT2D eigenvalue weighted by atomic mass is 9.78. The number of halogens is 1. The second-order valence-corrected chi connectivity index (χ2v) is 9.13. The van der Waals surface area contributed by atoms with E-state index in [4.69, 9.17) is 21.1 Å². The Hall–Kier alpha value is -2.00. The summed E-state index contributed by atoms with van der Waals surface area (Å²) in [5, 5.41) is 0.797. The van der Waals surface area contributed by atoms with Crippen molar-refractivity contribution < 1.29 is 14.3 Å². The van der Waals surface area contributed by atoms with Crippen molar-refractivity contribution in [3.63, 3.8) is 0 Å². The molecule has 4 rings (SSSR count). The Morgan fingerprint density at radius 2 is 1.81 bits per heavy atom. The van der Waals surface area contributed by atoms with Gasteiger partial charge in [0, 0.05) is 10.4 Å². The van der Waals surface area contributed by atoms with Crippen LogP contribution in [0.4, 0.5) is 0 Å². The van der Waals surface area contributed by atoms with Crippen LogP contribution in [-0.2, 0) is 23.0 Å². The van der Waals surface area contributed by atoms with E-state index in [-0.39, 0.29) is 11.4 Å². The zero-order chi connectivity index (χ0) is 19.2. The molecule has 0 radical (unpaired) electrons. The zero-order valence-electron chi connectivity index (χ0n) is 16.1. The van der Waals surface area contributed by atoms with Crippen LogP contribution in [0.1, 0.15) is 60.7 Å². The van der Waals surface area contributed by atoms with Crippen LogP contribution in [0.3, 0.4) is 0 Å². The van der Waals surface area contributed by atoms with E-state index in [0.717, 1.165) is 42.0 Å². The summed E-state index contributed by atoms with van der Waals surface area (Å²) in [6.45, 7) is 6.31. The average Bonchev–Trinajstić information content (AvgIpc) is 2.83. The van der Waals surface area contributed by atoms with Gasteiger partial charge < -0.3 is 9.47 Å². The lowest BCUT2D eigenvalue weighted by Crippen LogP contribution is -2.30. The van der Waals surface area contributed by atoms with E-state index in [1.54, 1.807) is 6.07 Å². The fourth-order valence-corrected chi connectivity index (χ4v) is 4.44.